The third kappa shape index (κ3) is 4.22. The first-order chi connectivity index (χ1) is 9.04. The molecule has 106 valence electrons. The van der Waals surface area contributed by atoms with E-state index in [4.69, 9.17) is 10.5 Å². The number of rotatable bonds is 5. The van der Waals surface area contributed by atoms with Crippen LogP contribution in [0.15, 0.2) is 24.3 Å². The topological polar surface area (TPSA) is 38.5 Å². The Morgan fingerprint density at radius 2 is 2.16 bits per heavy atom. The molecule has 0 spiro atoms. The first-order valence-corrected chi connectivity index (χ1v) is 7.28. The van der Waals surface area contributed by atoms with Crippen LogP contribution in [0.4, 0.5) is 0 Å². The predicted molar refractivity (Wildman–Crippen MR) is 79.2 cm³/mol. The molecule has 0 aliphatic carbocycles. The average Bonchev–Trinajstić information content (AvgIpc) is 2.77. The van der Waals surface area contributed by atoms with Crippen molar-refractivity contribution in [3.05, 3.63) is 29.8 Å². The number of hydrogen-bond acceptors (Lipinski definition) is 3. The van der Waals surface area contributed by atoms with Crippen LogP contribution in [-0.2, 0) is 6.54 Å². The molecule has 0 saturated carbocycles. The van der Waals surface area contributed by atoms with Crippen molar-refractivity contribution in [3.63, 3.8) is 0 Å². The van der Waals surface area contributed by atoms with Crippen LogP contribution in [-0.4, -0.2) is 30.1 Å². The van der Waals surface area contributed by atoms with Crippen LogP contribution in [0.2, 0.25) is 0 Å². The zero-order valence-electron chi connectivity index (χ0n) is 12.3. The predicted octanol–water partition coefficient (Wildman–Crippen LogP) is 2.64. The highest BCUT2D eigenvalue weighted by molar-refractivity contribution is 5.28. The lowest BCUT2D eigenvalue weighted by atomic mass is 10.0. The molecule has 0 amide bonds. The van der Waals surface area contributed by atoms with E-state index >= 15 is 0 Å². The summed E-state index contributed by atoms with van der Waals surface area (Å²) < 4.78 is 5.74. The Morgan fingerprint density at radius 3 is 2.79 bits per heavy atom. The highest BCUT2D eigenvalue weighted by Gasteiger charge is 2.24. The monoisotopic (exact) mass is 262 g/mol. The highest BCUT2D eigenvalue weighted by Crippen LogP contribution is 2.22. The van der Waals surface area contributed by atoms with Crippen molar-refractivity contribution in [2.24, 2.45) is 11.7 Å². The van der Waals surface area contributed by atoms with Gasteiger partial charge in [-0.1, -0.05) is 12.1 Å². The Balaban J connectivity index is 1.93. The van der Waals surface area contributed by atoms with Crippen LogP contribution in [0, 0.1) is 5.92 Å². The van der Waals surface area contributed by atoms with Crippen LogP contribution in [0.3, 0.4) is 0 Å². The van der Waals surface area contributed by atoms with Gasteiger partial charge in [-0.05, 0) is 57.4 Å². The molecule has 19 heavy (non-hydrogen) atoms. The third-order valence-corrected chi connectivity index (χ3v) is 3.73. The first-order valence-electron chi connectivity index (χ1n) is 7.28. The van der Waals surface area contributed by atoms with Crippen molar-refractivity contribution in [1.29, 1.82) is 0 Å². The molecule has 1 aromatic carbocycles. The summed E-state index contributed by atoms with van der Waals surface area (Å²) in [5.74, 6) is 1.62. The summed E-state index contributed by atoms with van der Waals surface area (Å²) in [7, 11) is 0. The third-order valence-electron chi connectivity index (χ3n) is 3.73. The van der Waals surface area contributed by atoms with Gasteiger partial charge in [0, 0.05) is 19.1 Å². The molecule has 1 fully saturated rings. The molecular weight excluding hydrogens is 236 g/mol. The summed E-state index contributed by atoms with van der Waals surface area (Å²) in [5.41, 5.74) is 7.31. The van der Waals surface area contributed by atoms with Gasteiger partial charge in [0.25, 0.3) is 0 Å². The SMILES string of the molecule is CC(C)Oc1cccc(CN2CCC(C(C)N)C2)c1. The molecule has 1 saturated heterocycles. The lowest BCUT2D eigenvalue weighted by molar-refractivity contribution is 0.241. The molecule has 1 heterocycles. The number of nitrogens with two attached hydrogens (primary N) is 1. The van der Waals surface area contributed by atoms with Crippen LogP contribution >= 0.6 is 0 Å². The van der Waals surface area contributed by atoms with Gasteiger partial charge in [-0.3, -0.25) is 4.90 Å². The lowest BCUT2D eigenvalue weighted by Gasteiger charge is -2.18. The minimum absolute atomic E-state index is 0.226. The molecule has 0 aromatic heterocycles. The first kappa shape index (κ1) is 14.4. The van der Waals surface area contributed by atoms with E-state index in [1.807, 2.05) is 6.07 Å². The van der Waals surface area contributed by atoms with Crippen molar-refractivity contribution in [2.75, 3.05) is 13.1 Å². The van der Waals surface area contributed by atoms with Gasteiger partial charge >= 0.3 is 0 Å². The Kier molecular flexibility index (Phi) is 4.83. The van der Waals surface area contributed by atoms with Crippen molar-refractivity contribution in [3.8, 4) is 5.75 Å². The van der Waals surface area contributed by atoms with Crippen molar-refractivity contribution in [1.82, 2.24) is 4.90 Å². The molecule has 2 atom stereocenters. The number of hydrogen-bond donors (Lipinski definition) is 1. The standard InChI is InChI=1S/C16H26N2O/c1-12(2)19-16-6-4-5-14(9-16)10-18-8-7-15(11-18)13(3)17/h4-6,9,12-13,15H,7-8,10-11,17H2,1-3H3. The Morgan fingerprint density at radius 1 is 1.37 bits per heavy atom. The van der Waals surface area contributed by atoms with Gasteiger partial charge in [-0.15, -0.1) is 0 Å². The second-order valence-electron chi connectivity index (χ2n) is 5.96. The molecule has 2 unspecified atom stereocenters. The second kappa shape index (κ2) is 6.40. The Bertz CT molecular complexity index is 403. The summed E-state index contributed by atoms with van der Waals surface area (Å²) in [6, 6.07) is 8.73. The van der Waals surface area contributed by atoms with Crippen LogP contribution in [0.1, 0.15) is 32.8 Å². The Hall–Kier alpha value is -1.06. The zero-order valence-corrected chi connectivity index (χ0v) is 12.3. The number of likely N-dealkylation sites (tertiary alicyclic amines) is 1. The number of ether oxygens (including phenoxy) is 1. The van der Waals surface area contributed by atoms with Gasteiger partial charge in [-0.2, -0.15) is 0 Å². The molecule has 1 aliphatic heterocycles. The van der Waals surface area contributed by atoms with Gasteiger partial charge in [0.1, 0.15) is 5.75 Å². The molecular formula is C16H26N2O. The lowest BCUT2D eigenvalue weighted by Crippen LogP contribution is -2.29. The van der Waals surface area contributed by atoms with Gasteiger partial charge in [0.15, 0.2) is 0 Å². The Labute approximate surface area is 116 Å². The van der Waals surface area contributed by atoms with Gasteiger partial charge < -0.3 is 10.5 Å². The van der Waals surface area contributed by atoms with Crippen molar-refractivity contribution < 1.29 is 4.74 Å². The molecule has 2 N–H and O–H groups in total. The van der Waals surface area contributed by atoms with Crippen LogP contribution in [0.25, 0.3) is 0 Å². The summed E-state index contributed by atoms with van der Waals surface area (Å²) in [6.07, 6.45) is 1.45. The van der Waals surface area contributed by atoms with Gasteiger partial charge in [-0.25, -0.2) is 0 Å². The fraction of sp³-hybridized carbons (Fsp3) is 0.625. The molecule has 1 aliphatic rings. The van der Waals surface area contributed by atoms with E-state index < -0.39 is 0 Å². The maximum absolute atomic E-state index is 5.99. The van der Waals surface area contributed by atoms with E-state index in [1.165, 1.54) is 12.0 Å². The number of nitrogens with zero attached hydrogens (tertiary/aromatic N) is 1. The quantitative estimate of drug-likeness (QED) is 0.886. The van der Waals surface area contributed by atoms with E-state index in [1.54, 1.807) is 0 Å². The van der Waals surface area contributed by atoms with Crippen molar-refractivity contribution >= 4 is 0 Å². The largest absolute Gasteiger partial charge is 0.491 e. The van der Waals surface area contributed by atoms with E-state index in [0.29, 0.717) is 12.0 Å². The van der Waals surface area contributed by atoms with Crippen LogP contribution in [0.5, 0.6) is 5.75 Å². The second-order valence-corrected chi connectivity index (χ2v) is 5.96. The minimum Gasteiger partial charge on any atom is -0.491 e. The highest BCUT2D eigenvalue weighted by atomic mass is 16.5. The molecule has 3 nitrogen and oxygen atoms in total. The number of benzene rings is 1. The van der Waals surface area contributed by atoms with Gasteiger partial charge in [0.2, 0.25) is 0 Å². The van der Waals surface area contributed by atoms with E-state index in [2.05, 4.69) is 43.9 Å². The van der Waals surface area contributed by atoms with Crippen molar-refractivity contribution in [2.45, 2.75) is 45.9 Å². The smallest absolute Gasteiger partial charge is 0.120 e. The minimum atomic E-state index is 0.226. The summed E-state index contributed by atoms with van der Waals surface area (Å²) in [5, 5.41) is 0. The summed E-state index contributed by atoms with van der Waals surface area (Å²) in [4.78, 5) is 2.49. The zero-order chi connectivity index (χ0) is 13.8. The summed E-state index contributed by atoms with van der Waals surface area (Å²) in [6.45, 7) is 9.50. The van der Waals surface area contributed by atoms with Gasteiger partial charge in [0.05, 0.1) is 6.10 Å². The maximum atomic E-state index is 5.99. The van der Waals surface area contributed by atoms with Crippen LogP contribution < -0.4 is 10.5 Å². The summed E-state index contributed by atoms with van der Waals surface area (Å²) >= 11 is 0. The maximum Gasteiger partial charge on any atom is 0.120 e. The molecule has 1 aromatic rings. The fourth-order valence-corrected chi connectivity index (χ4v) is 2.68. The fourth-order valence-electron chi connectivity index (χ4n) is 2.68. The molecule has 0 bridgehead atoms. The normalized spacial score (nSPS) is 21.8. The molecule has 3 heteroatoms. The van der Waals surface area contributed by atoms with E-state index in [0.717, 1.165) is 25.4 Å². The molecule has 2 rings (SSSR count). The average molecular weight is 262 g/mol. The van der Waals surface area contributed by atoms with E-state index in [-0.39, 0.29) is 6.10 Å². The van der Waals surface area contributed by atoms with E-state index in [9.17, 15) is 0 Å². The molecule has 0 radical (unpaired) electrons.